The van der Waals surface area contributed by atoms with E-state index in [2.05, 4.69) is 5.32 Å². The molecule has 0 saturated carbocycles. The SMILES string of the molecule is CN(CCC(=O)O)C(=O)NCC1COCCO1. The molecular formula is C10H18N2O5. The maximum Gasteiger partial charge on any atom is 0.317 e. The normalized spacial score (nSPS) is 19.7. The molecule has 0 spiro atoms. The maximum absolute atomic E-state index is 11.5. The third-order valence-corrected chi connectivity index (χ3v) is 2.37. The number of hydrogen-bond donors (Lipinski definition) is 2. The van der Waals surface area contributed by atoms with Gasteiger partial charge in [0.25, 0.3) is 0 Å². The largest absolute Gasteiger partial charge is 0.481 e. The minimum atomic E-state index is -0.923. The highest BCUT2D eigenvalue weighted by Crippen LogP contribution is 1.99. The van der Waals surface area contributed by atoms with E-state index in [9.17, 15) is 9.59 Å². The molecule has 1 atom stereocenters. The number of carbonyl (C=O) groups excluding carboxylic acids is 1. The van der Waals surface area contributed by atoms with Gasteiger partial charge in [-0.25, -0.2) is 4.79 Å². The van der Waals surface area contributed by atoms with Crippen molar-refractivity contribution < 1.29 is 24.2 Å². The molecule has 1 saturated heterocycles. The summed E-state index contributed by atoms with van der Waals surface area (Å²) in [6.45, 7) is 2.15. The lowest BCUT2D eigenvalue weighted by atomic mass is 10.3. The van der Waals surface area contributed by atoms with Crippen molar-refractivity contribution in [1.29, 1.82) is 0 Å². The summed E-state index contributed by atoms with van der Waals surface area (Å²) in [4.78, 5) is 23.2. The second kappa shape index (κ2) is 7.08. The number of aliphatic carboxylic acids is 1. The van der Waals surface area contributed by atoms with E-state index in [1.54, 1.807) is 7.05 Å². The molecule has 1 heterocycles. The van der Waals surface area contributed by atoms with Crippen LogP contribution in [0.2, 0.25) is 0 Å². The molecule has 17 heavy (non-hydrogen) atoms. The predicted molar refractivity (Wildman–Crippen MR) is 58.8 cm³/mol. The Morgan fingerprint density at radius 2 is 2.24 bits per heavy atom. The Morgan fingerprint density at radius 3 is 2.82 bits per heavy atom. The number of nitrogens with one attached hydrogen (secondary N) is 1. The van der Waals surface area contributed by atoms with Gasteiger partial charge in [-0.2, -0.15) is 0 Å². The van der Waals surface area contributed by atoms with Crippen LogP contribution in [-0.4, -0.2) is 68.1 Å². The lowest BCUT2D eigenvalue weighted by molar-refractivity contribution is -0.137. The average molecular weight is 246 g/mol. The van der Waals surface area contributed by atoms with Crippen molar-refractivity contribution in [3.63, 3.8) is 0 Å². The number of carboxylic acids is 1. The number of rotatable bonds is 5. The number of amides is 2. The van der Waals surface area contributed by atoms with Crippen LogP contribution >= 0.6 is 0 Å². The molecular weight excluding hydrogens is 228 g/mol. The van der Waals surface area contributed by atoms with Crippen molar-refractivity contribution in [2.24, 2.45) is 0 Å². The van der Waals surface area contributed by atoms with Gasteiger partial charge in [0.05, 0.1) is 32.3 Å². The predicted octanol–water partition coefficient (Wildman–Crippen LogP) is -0.482. The van der Waals surface area contributed by atoms with Crippen LogP contribution in [0.3, 0.4) is 0 Å². The van der Waals surface area contributed by atoms with Gasteiger partial charge in [0.1, 0.15) is 0 Å². The summed E-state index contributed by atoms with van der Waals surface area (Å²) in [6.07, 6.45) is -0.187. The quantitative estimate of drug-likeness (QED) is 0.684. The van der Waals surface area contributed by atoms with Gasteiger partial charge >= 0.3 is 12.0 Å². The topological polar surface area (TPSA) is 88.1 Å². The van der Waals surface area contributed by atoms with E-state index in [0.717, 1.165) is 0 Å². The monoisotopic (exact) mass is 246 g/mol. The van der Waals surface area contributed by atoms with Crippen LogP contribution in [-0.2, 0) is 14.3 Å². The number of carbonyl (C=O) groups is 2. The highest BCUT2D eigenvalue weighted by molar-refractivity contribution is 5.75. The highest BCUT2D eigenvalue weighted by Gasteiger charge is 2.16. The molecule has 1 aliphatic rings. The summed E-state index contributed by atoms with van der Waals surface area (Å²) in [7, 11) is 1.55. The van der Waals surface area contributed by atoms with Crippen LogP contribution in [0.25, 0.3) is 0 Å². The molecule has 7 nitrogen and oxygen atoms in total. The van der Waals surface area contributed by atoms with Crippen molar-refractivity contribution >= 4 is 12.0 Å². The molecule has 7 heteroatoms. The minimum Gasteiger partial charge on any atom is -0.481 e. The molecule has 0 aliphatic carbocycles. The minimum absolute atomic E-state index is 0.0625. The van der Waals surface area contributed by atoms with E-state index in [1.807, 2.05) is 0 Å². The summed E-state index contributed by atoms with van der Waals surface area (Å²) in [5, 5.41) is 11.1. The van der Waals surface area contributed by atoms with Crippen molar-refractivity contribution in [3.05, 3.63) is 0 Å². The fraction of sp³-hybridized carbons (Fsp3) is 0.800. The van der Waals surface area contributed by atoms with Gasteiger partial charge in [-0.15, -0.1) is 0 Å². The first-order chi connectivity index (χ1) is 8.09. The van der Waals surface area contributed by atoms with Crippen molar-refractivity contribution in [2.45, 2.75) is 12.5 Å². The number of ether oxygens (including phenoxy) is 2. The van der Waals surface area contributed by atoms with Gasteiger partial charge in [0.15, 0.2) is 0 Å². The lowest BCUT2D eigenvalue weighted by Crippen LogP contribution is -2.44. The van der Waals surface area contributed by atoms with Crippen LogP contribution in [0, 0.1) is 0 Å². The van der Waals surface area contributed by atoms with Gasteiger partial charge in [0, 0.05) is 20.1 Å². The van der Waals surface area contributed by atoms with Crippen molar-refractivity contribution in [1.82, 2.24) is 10.2 Å². The number of carboxylic acid groups (broad SMARTS) is 1. The molecule has 98 valence electrons. The van der Waals surface area contributed by atoms with E-state index in [0.29, 0.717) is 26.4 Å². The second-order valence-corrected chi connectivity index (χ2v) is 3.82. The zero-order valence-electron chi connectivity index (χ0n) is 9.85. The Hall–Kier alpha value is -1.34. The molecule has 2 N–H and O–H groups in total. The Bertz CT molecular complexity index is 265. The standard InChI is InChI=1S/C10H18N2O5/c1-12(3-2-9(13)14)10(15)11-6-8-7-16-4-5-17-8/h8H,2-7H2,1H3,(H,11,15)(H,13,14). The number of urea groups is 1. The van der Waals surface area contributed by atoms with Crippen LogP contribution < -0.4 is 5.32 Å². The molecule has 0 radical (unpaired) electrons. The summed E-state index contributed by atoms with van der Waals surface area (Å²) < 4.78 is 10.5. The Kier molecular flexibility index (Phi) is 5.71. The number of nitrogens with zero attached hydrogens (tertiary/aromatic N) is 1. The summed E-state index contributed by atoms with van der Waals surface area (Å²) in [6, 6.07) is -0.305. The molecule has 2 amide bonds. The molecule has 0 aromatic heterocycles. The van der Waals surface area contributed by atoms with Gasteiger partial charge in [-0.05, 0) is 0 Å². The van der Waals surface area contributed by atoms with Gasteiger partial charge < -0.3 is 24.8 Å². The van der Waals surface area contributed by atoms with E-state index in [-0.39, 0.29) is 25.1 Å². The first-order valence-corrected chi connectivity index (χ1v) is 5.49. The van der Waals surface area contributed by atoms with Crippen LogP contribution in [0.15, 0.2) is 0 Å². The molecule has 0 aromatic carbocycles. The van der Waals surface area contributed by atoms with Gasteiger partial charge in [0.2, 0.25) is 0 Å². The van der Waals surface area contributed by atoms with Crippen molar-refractivity contribution in [2.75, 3.05) is 40.0 Å². The summed E-state index contributed by atoms with van der Waals surface area (Å²) in [5.41, 5.74) is 0. The van der Waals surface area contributed by atoms with E-state index < -0.39 is 5.97 Å². The molecule has 1 aliphatic heterocycles. The third-order valence-electron chi connectivity index (χ3n) is 2.37. The van der Waals surface area contributed by atoms with Gasteiger partial charge in [-0.3, -0.25) is 4.79 Å². The molecule has 0 aromatic rings. The Balaban J connectivity index is 2.16. The molecule has 1 fully saturated rings. The highest BCUT2D eigenvalue weighted by atomic mass is 16.6. The molecule has 1 rings (SSSR count). The Labute approximate surface area is 99.7 Å². The zero-order valence-corrected chi connectivity index (χ0v) is 9.85. The summed E-state index contributed by atoms with van der Waals surface area (Å²) >= 11 is 0. The summed E-state index contributed by atoms with van der Waals surface area (Å²) in [5.74, 6) is -0.923. The average Bonchev–Trinajstić information content (AvgIpc) is 2.34. The number of hydrogen-bond acceptors (Lipinski definition) is 4. The van der Waals surface area contributed by atoms with E-state index in [1.165, 1.54) is 4.90 Å². The maximum atomic E-state index is 11.5. The van der Waals surface area contributed by atoms with Crippen LogP contribution in [0.4, 0.5) is 4.79 Å². The van der Waals surface area contributed by atoms with E-state index in [4.69, 9.17) is 14.6 Å². The molecule has 1 unspecified atom stereocenters. The lowest BCUT2D eigenvalue weighted by Gasteiger charge is -2.24. The first kappa shape index (κ1) is 13.7. The van der Waals surface area contributed by atoms with Crippen molar-refractivity contribution in [3.8, 4) is 0 Å². The second-order valence-electron chi connectivity index (χ2n) is 3.82. The van der Waals surface area contributed by atoms with Crippen LogP contribution in [0.5, 0.6) is 0 Å². The van der Waals surface area contributed by atoms with Crippen LogP contribution in [0.1, 0.15) is 6.42 Å². The molecule has 0 bridgehead atoms. The fourth-order valence-corrected chi connectivity index (χ4v) is 1.36. The Morgan fingerprint density at radius 1 is 1.47 bits per heavy atom. The van der Waals surface area contributed by atoms with E-state index >= 15 is 0 Å². The van der Waals surface area contributed by atoms with Gasteiger partial charge in [-0.1, -0.05) is 0 Å². The first-order valence-electron chi connectivity index (χ1n) is 5.49. The zero-order chi connectivity index (χ0) is 12.7. The smallest absolute Gasteiger partial charge is 0.317 e. The third kappa shape index (κ3) is 5.50. The fourth-order valence-electron chi connectivity index (χ4n) is 1.36.